The molecule has 2 aromatic rings. The van der Waals surface area contributed by atoms with Crippen molar-refractivity contribution < 1.29 is 41.8 Å². The summed E-state index contributed by atoms with van der Waals surface area (Å²) >= 11 is 0. The van der Waals surface area contributed by atoms with Gasteiger partial charge in [0.25, 0.3) is 0 Å². The number of carbonyl (C=O) groups excluding carboxylic acids is 1. The second kappa shape index (κ2) is 15.5. The molecule has 12 heteroatoms. The normalized spacial score (nSPS) is 12.9. The van der Waals surface area contributed by atoms with Crippen LogP contribution in [0.3, 0.4) is 0 Å². The molecule has 8 nitrogen and oxygen atoms in total. The summed E-state index contributed by atoms with van der Waals surface area (Å²) in [7, 11) is -4.39. The highest BCUT2D eigenvalue weighted by molar-refractivity contribution is 7.55. The number of hydrogen-bond acceptors (Lipinski definition) is 5. The number of pyridine rings is 1. The number of aromatic nitrogens is 1. The van der Waals surface area contributed by atoms with Crippen molar-refractivity contribution in [2.75, 3.05) is 6.61 Å². The number of nitrogens with zero attached hydrogens (tertiary/aromatic N) is 1. The maximum absolute atomic E-state index is 12.4. The first-order valence-electron chi connectivity index (χ1n) is 12.3. The SMILES string of the molecule is CCCCCCCC(=O)N[C@@H](/C=C/P(=O)(O)O)Cc1ccc(OCc2cc(OCC(F)(F)F)ccn2)cc1. The minimum absolute atomic E-state index is 0.00449. The lowest BCUT2D eigenvalue weighted by molar-refractivity contribution is -0.153. The predicted octanol–water partition coefficient (Wildman–Crippen LogP) is 5.68. The number of alkyl halides is 3. The summed E-state index contributed by atoms with van der Waals surface area (Å²) in [6.45, 7) is 0.716. The molecule has 0 unspecified atom stereocenters. The molecule has 0 spiro atoms. The van der Waals surface area contributed by atoms with Crippen LogP contribution in [0.5, 0.6) is 11.5 Å². The number of halogens is 3. The van der Waals surface area contributed by atoms with Crippen molar-refractivity contribution >= 4 is 13.5 Å². The highest BCUT2D eigenvalue weighted by Crippen LogP contribution is 2.36. The molecule has 0 aliphatic carbocycles. The van der Waals surface area contributed by atoms with Gasteiger partial charge in [-0.2, -0.15) is 13.2 Å². The van der Waals surface area contributed by atoms with Crippen LogP contribution in [0.25, 0.3) is 0 Å². The van der Waals surface area contributed by atoms with Crippen LogP contribution in [0.15, 0.2) is 54.5 Å². The van der Waals surface area contributed by atoms with E-state index in [9.17, 15) is 32.3 Å². The molecule has 0 saturated heterocycles. The molecular formula is C26H34F3N2O6P. The average Bonchev–Trinajstić information content (AvgIpc) is 2.85. The van der Waals surface area contributed by atoms with Gasteiger partial charge in [-0.15, -0.1) is 0 Å². The maximum Gasteiger partial charge on any atom is 0.422 e. The number of carbonyl (C=O) groups is 1. The predicted molar refractivity (Wildman–Crippen MR) is 137 cm³/mol. The van der Waals surface area contributed by atoms with Gasteiger partial charge in [0, 0.05) is 24.5 Å². The average molecular weight is 559 g/mol. The van der Waals surface area contributed by atoms with Gasteiger partial charge in [-0.05, 0) is 36.6 Å². The summed E-state index contributed by atoms with van der Waals surface area (Å²) in [5.41, 5.74) is 1.18. The van der Waals surface area contributed by atoms with E-state index in [2.05, 4.69) is 17.2 Å². The molecule has 38 heavy (non-hydrogen) atoms. The van der Waals surface area contributed by atoms with Crippen LogP contribution in [0.2, 0.25) is 0 Å². The van der Waals surface area contributed by atoms with Crippen molar-refractivity contribution in [1.82, 2.24) is 10.3 Å². The Bertz CT molecular complexity index is 1070. The van der Waals surface area contributed by atoms with Gasteiger partial charge in [-0.25, -0.2) is 0 Å². The number of benzene rings is 1. The molecule has 0 radical (unpaired) electrons. The Morgan fingerprint density at radius 3 is 2.45 bits per heavy atom. The lowest BCUT2D eigenvalue weighted by atomic mass is 10.1. The first kappa shape index (κ1) is 31.3. The smallest absolute Gasteiger partial charge is 0.422 e. The fourth-order valence-electron chi connectivity index (χ4n) is 3.47. The monoisotopic (exact) mass is 558 g/mol. The summed E-state index contributed by atoms with van der Waals surface area (Å²) in [6.07, 6.45) is 3.83. The first-order valence-corrected chi connectivity index (χ1v) is 14.0. The number of unbranched alkanes of at least 4 members (excludes halogenated alkanes) is 4. The quantitative estimate of drug-likeness (QED) is 0.179. The van der Waals surface area contributed by atoms with Crippen LogP contribution in [0, 0.1) is 0 Å². The summed E-state index contributed by atoms with van der Waals surface area (Å²) in [5.74, 6) is 1.12. The molecule has 210 valence electrons. The van der Waals surface area contributed by atoms with E-state index in [1.165, 1.54) is 24.4 Å². The Labute approximate surface area is 220 Å². The van der Waals surface area contributed by atoms with Crippen molar-refractivity contribution in [3.8, 4) is 11.5 Å². The number of hydrogen-bond donors (Lipinski definition) is 3. The van der Waals surface area contributed by atoms with Crippen molar-refractivity contribution in [2.45, 2.75) is 70.7 Å². The molecular weight excluding hydrogens is 524 g/mol. The zero-order valence-electron chi connectivity index (χ0n) is 21.2. The summed E-state index contributed by atoms with van der Waals surface area (Å²) in [4.78, 5) is 34.8. The van der Waals surface area contributed by atoms with E-state index < -0.39 is 26.4 Å². The first-order chi connectivity index (χ1) is 17.9. The molecule has 1 heterocycles. The largest absolute Gasteiger partial charge is 0.487 e. The number of ether oxygens (including phenoxy) is 2. The molecule has 1 aromatic carbocycles. The Hall–Kier alpha value is -2.88. The number of amides is 1. The Kier molecular flexibility index (Phi) is 12.8. The molecule has 1 amide bonds. The maximum atomic E-state index is 12.4. The van der Waals surface area contributed by atoms with Gasteiger partial charge in [0.05, 0.1) is 11.7 Å². The van der Waals surface area contributed by atoms with Gasteiger partial charge < -0.3 is 24.6 Å². The van der Waals surface area contributed by atoms with Gasteiger partial charge in [-0.3, -0.25) is 14.3 Å². The van der Waals surface area contributed by atoms with E-state index in [-0.39, 0.29) is 18.3 Å². The number of nitrogens with one attached hydrogen (secondary N) is 1. The van der Waals surface area contributed by atoms with Gasteiger partial charge >= 0.3 is 13.8 Å². The van der Waals surface area contributed by atoms with Crippen molar-refractivity contribution in [3.05, 3.63) is 65.7 Å². The highest BCUT2D eigenvalue weighted by atomic mass is 31.2. The molecule has 0 aliphatic heterocycles. The summed E-state index contributed by atoms with van der Waals surface area (Å²) in [6, 6.07) is 8.94. The van der Waals surface area contributed by atoms with Crippen LogP contribution >= 0.6 is 7.60 Å². The van der Waals surface area contributed by atoms with Crippen LogP contribution in [-0.4, -0.2) is 39.5 Å². The van der Waals surface area contributed by atoms with E-state index in [0.29, 0.717) is 24.3 Å². The van der Waals surface area contributed by atoms with E-state index in [4.69, 9.17) is 9.47 Å². The van der Waals surface area contributed by atoms with Gasteiger partial charge in [-0.1, -0.05) is 50.8 Å². The zero-order valence-corrected chi connectivity index (χ0v) is 22.1. The van der Waals surface area contributed by atoms with Crippen molar-refractivity contribution in [3.63, 3.8) is 0 Å². The molecule has 0 fully saturated rings. The van der Waals surface area contributed by atoms with E-state index >= 15 is 0 Å². The standard InChI is InChI=1S/C26H34F3N2O6P/c1-2-3-4-5-6-7-25(32)31-21(13-15-38(33,34)35)16-20-8-10-23(11-9-20)36-18-22-17-24(12-14-30-22)37-19-26(27,28)29/h8-15,17,21H,2-7,16,18-19H2,1H3,(H,31,32)(H2,33,34,35)/b15-13+/t21-/m0/s1. The second-order valence-corrected chi connectivity index (χ2v) is 10.3. The molecule has 0 bridgehead atoms. The lowest BCUT2D eigenvalue weighted by Gasteiger charge is -2.16. The molecule has 1 atom stereocenters. The molecule has 1 aromatic heterocycles. The molecule has 3 N–H and O–H groups in total. The van der Waals surface area contributed by atoms with Crippen molar-refractivity contribution in [2.24, 2.45) is 0 Å². The Balaban J connectivity index is 1.93. The molecule has 0 aliphatic rings. The van der Waals surface area contributed by atoms with Gasteiger partial charge in [0.2, 0.25) is 5.91 Å². The minimum Gasteiger partial charge on any atom is -0.487 e. The van der Waals surface area contributed by atoms with Crippen LogP contribution in [-0.2, 0) is 22.4 Å². The van der Waals surface area contributed by atoms with Crippen molar-refractivity contribution in [1.29, 1.82) is 0 Å². The van der Waals surface area contributed by atoms with Gasteiger partial charge in [0.15, 0.2) is 6.61 Å². The van der Waals surface area contributed by atoms with E-state index in [1.54, 1.807) is 24.3 Å². The van der Waals surface area contributed by atoms with Crippen LogP contribution in [0.4, 0.5) is 13.2 Å². The fourth-order valence-corrected chi connectivity index (χ4v) is 3.91. The third kappa shape index (κ3) is 14.2. The van der Waals surface area contributed by atoms with Crippen LogP contribution in [0.1, 0.15) is 56.7 Å². The third-order valence-electron chi connectivity index (χ3n) is 5.32. The summed E-state index contributed by atoms with van der Waals surface area (Å²) in [5, 5.41) is 2.82. The lowest BCUT2D eigenvalue weighted by Crippen LogP contribution is -2.34. The molecule has 0 saturated carbocycles. The topological polar surface area (TPSA) is 118 Å². The second-order valence-electron chi connectivity index (χ2n) is 8.79. The van der Waals surface area contributed by atoms with E-state index in [1.807, 2.05) is 0 Å². The zero-order chi connectivity index (χ0) is 28.0. The molecule has 2 rings (SSSR count). The van der Waals surface area contributed by atoms with Gasteiger partial charge in [0.1, 0.15) is 18.1 Å². The Morgan fingerprint density at radius 2 is 1.79 bits per heavy atom. The van der Waals surface area contributed by atoms with E-state index in [0.717, 1.165) is 43.5 Å². The Morgan fingerprint density at radius 1 is 1.08 bits per heavy atom. The fraction of sp³-hybridized carbons (Fsp3) is 0.462. The summed E-state index contributed by atoms with van der Waals surface area (Å²) < 4.78 is 58.7. The minimum atomic E-state index is -4.44. The highest BCUT2D eigenvalue weighted by Gasteiger charge is 2.28. The number of rotatable bonds is 16. The third-order valence-corrected chi connectivity index (χ3v) is 5.88. The van der Waals surface area contributed by atoms with Crippen LogP contribution < -0.4 is 14.8 Å².